The fourth-order valence-electron chi connectivity index (χ4n) is 0.960. The van der Waals surface area contributed by atoms with E-state index in [1.165, 1.54) is 10.9 Å². The van der Waals surface area contributed by atoms with Gasteiger partial charge < -0.3 is 5.11 Å². The van der Waals surface area contributed by atoms with Crippen LogP contribution in [0.4, 0.5) is 8.78 Å². The van der Waals surface area contributed by atoms with E-state index in [1.807, 2.05) is 0 Å². The highest BCUT2D eigenvalue weighted by atomic mass is 79.9. The summed E-state index contributed by atoms with van der Waals surface area (Å²) >= 11 is 2.10. The fraction of sp³-hybridized carbons (Fsp3) is 0.571. The Morgan fingerprint density at radius 3 is 2.54 bits per heavy atom. The van der Waals surface area contributed by atoms with Crippen LogP contribution >= 0.6 is 15.9 Å². The molecule has 1 aromatic heterocycles. The van der Waals surface area contributed by atoms with E-state index in [-0.39, 0.29) is 5.56 Å². The van der Waals surface area contributed by atoms with Gasteiger partial charge in [0.2, 0.25) is 0 Å². The normalized spacial score (nSPS) is 14.6. The number of aliphatic hydroxyl groups is 1. The summed E-state index contributed by atoms with van der Waals surface area (Å²) in [6.07, 6.45) is -0.629. The van der Waals surface area contributed by atoms with Gasteiger partial charge in [-0.25, -0.2) is 0 Å². The minimum absolute atomic E-state index is 0.129. The lowest BCUT2D eigenvalue weighted by Crippen LogP contribution is -2.18. The number of alkyl halides is 3. The van der Waals surface area contributed by atoms with Crippen LogP contribution in [0.5, 0.6) is 0 Å². The summed E-state index contributed by atoms with van der Waals surface area (Å²) in [6, 6.07) is 0. The van der Waals surface area contributed by atoms with Crippen LogP contribution in [0, 0.1) is 6.92 Å². The monoisotopic (exact) mass is 254 g/mol. The molecule has 1 atom stereocenters. The molecule has 74 valence electrons. The molecular formula is C7H9BrF2N2O. The van der Waals surface area contributed by atoms with Crippen molar-refractivity contribution in [3.05, 3.63) is 17.5 Å². The van der Waals surface area contributed by atoms with E-state index in [0.29, 0.717) is 5.69 Å². The number of halogens is 3. The second-order valence-corrected chi connectivity index (χ2v) is 3.81. The second-order valence-electron chi connectivity index (χ2n) is 2.75. The highest BCUT2D eigenvalue weighted by molar-refractivity contribution is 9.10. The van der Waals surface area contributed by atoms with Crippen molar-refractivity contribution in [3.8, 4) is 0 Å². The molecule has 0 bridgehead atoms. The first-order chi connectivity index (χ1) is 5.84. The quantitative estimate of drug-likeness (QED) is 0.817. The summed E-state index contributed by atoms with van der Waals surface area (Å²) in [5.41, 5.74) is 0.649. The Bertz CT molecular complexity index is 308. The lowest BCUT2D eigenvalue weighted by Gasteiger charge is -2.15. The Hall–Kier alpha value is -0.490. The van der Waals surface area contributed by atoms with E-state index in [4.69, 9.17) is 0 Å². The predicted molar refractivity (Wildman–Crippen MR) is 46.8 cm³/mol. The molecule has 3 nitrogen and oxygen atoms in total. The highest BCUT2D eigenvalue weighted by Gasteiger charge is 2.37. The summed E-state index contributed by atoms with van der Waals surface area (Å²) in [5.74, 6) is 0. The number of nitrogens with zero attached hydrogens (tertiary/aromatic N) is 2. The van der Waals surface area contributed by atoms with Gasteiger partial charge in [0.1, 0.15) is 0 Å². The summed E-state index contributed by atoms with van der Waals surface area (Å²) in [6.45, 7) is 1.62. The van der Waals surface area contributed by atoms with E-state index in [9.17, 15) is 13.9 Å². The lowest BCUT2D eigenvalue weighted by molar-refractivity contribution is -0.0298. The second kappa shape index (κ2) is 3.34. The smallest absolute Gasteiger partial charge is 0.330 e. The molecule has 1 rings (SSSR count). The van der Waals surface area contributed by atoms with Gasteiger partial charge in [0, 0.05) is 18.3 Å². The van der Waals surface area contributed by atoms with Crippen LogP contribution in [0.15, 0.2) is 6.20 Å². The third-order valence-corrected chi connectivity index (χ3v) is 2.31. The maximum atomic E-state index is 12.6. The number of aryl methyl sites for hydroxylation is 1. The van der Waals surface area contributed by atoms with Crippen molar-refractivity contribution in [2.24, 2.45) is 7.05 Å². The Balaban J connectivity index is 3.02. The topological polar surface area (TPSA) is 38.1 Å². The van der Waals surface area contributed by atoms with Crippen LogP contribution in [-0.2, 0) is 7.05 Å². The molecule has 0 aliphatic rings. The molecule has 6 heteroatoms. The highest BCUT2D eigenvalue weighted by Crippen LogP contribution is 2.37. The molecule has 1 N–H and O–H groups in total. The zero-order valence-electron chi connectivity index (χ0n) is 7.13. The van der Waals surface area contributed by atoms with E-state index in [1.54, 1.807) is 14.0 Å². The average Bonchev–Trinajstić information content (AvgIpc) is 2.30. The number of rotatable bonds is 2. The van der Waals surface area contributed by atoms with Crippen molar-refractivity contribution in [2.75, 3.05) is 0 Å². The van der Waals surface area contributed by atoms with Gasteiger partial charge in [-0.15, -0.1) is 0 Å². The van der Waals surface area contributed by atoms with Crippen LogP contribution in [-0.4, -0.2) is 19.7 Å². The lowest BCUT2D eigenvalue weighted by atomic mass is 10.1. The zero-order valence-corrected chi connectivity index (χ0v) is 8.72. The summed E-state index contributed by atoms with van der Waals surface area (Å²) in [7, 11) is 1.62. The van der Waals surface area contributed by atoms with E-state index in [0.717, 1.165) is 0 Å². The summed E-state index contributed by atoms with van der Waals surface area (Å²) in [4.78, 5) is -3.32. The average molecular weight is 255 g/mol. The fourth-order valence-corrected chi connectivity index (χ4v) is 1.21. The van der Waals surface area contributed by atoms with Gasteiger partial charge in [-0.05, 0) is 22.9 Å². The van der Waals surface area contributed by atoms with Crippen molar-refractivity contribution in [1.29, 1.82) is 0 Å². The largest absolute Gasteiger partial charge is 0.381 e. The third-order valence-electron chi connectivity index (χ3n) is 1.88. The van der Waals surface area contributed by atoms with Crippen molar-refractivity contribution in [3.63, 3.8) is 0 Å². The number of hydrogen-bond donors (Lipinski definition) is 1. The molecule has 1 aromatic rings. The molecule has 0 saturated heterocycles. The maximum Gasteiger partial charge on any atom is 0.330 e. The molecule has 13 heavy (non-hydrogen) atoms. The molecule has 0 aromatic carbocycles. The minimum atomic E-state index is -3.32. The molecule has 0 radical (unpaired) electrons. The Labute approximate surface area is 82.5 Å². The van der Waals surface area contributed by atoms with Gasteiger partial charge in [-0.2, -0.15) is 13.9 Å². The number of hydrogen-bond acceptors (Lipinski definition) is 2. The third kappa shape index (κ3) is 2.05. The van der Waals surface area contributed by atoms with Crippen molar-refractivity contribution >= 4 is 15.9 Å². The first-order valence-electron chi connectivity index (χ1n) is 3.57. The van der Waals surface area contributed by atoms with E-state index >= 15 is 0 Å². The number of aromatic nitrogens is 2. The first kappa shape index (κ1) is 10.6. The van der Waals surface area contributed by atoms with Crippen LogP contribution in [0.3, 0.4) is 0 Å². The molecule has 0 amide bonds. The standard InChI is InChI=1S/C7H9BrF2N2O/c1-4-5(3-11-12(4)2)6(13)7(8,9)10/h3,6,13H,1-2H3. The van der Waals surface area contributed by atoms with Crippen LogP contribution < -0.4 is 0 Å². The van der Waals surface area contributed by atoms with Crippen molar-refractivity contribution in [2.45, 2.75) is 17.9 Å². The van der Waals surface area contributed by atoms with Gasteiger partial charge in [0.15, 0.2) is 6.10 Å². The van der Waals surface area contributed by atoms with Crippen molar-refractivity contribution in [1.82, 2.24) is 9.78 Å². The number of aliphatic hydroxyl groups excluding tert-OH is 1. The summed E-state index contributed by atoms with van der Waals surface area (Å²) < 4.78 is 26.7. The van der Waals surface area contributed by atoms with Crippen LogP contribution in [0.2, 0.25) is 0 Å². The molecular weight excluding hydrogens is 246 g/mol. The Morgan fingerprint density at radius 1 is 1.69 bits per heavy atom. The maximum absolute atomic E-state index is 12.6. The SMILES string of the molecule is Cc1c(C(O)C(F)(F)Br)cnn1C. The Kier molecular flexibility index (Phi) is 2.72. The molecule has 1 heterocycles. The van der Waals surface area contributed by atoms with E-state index < -0.39 is 10.9 Å². The molecule has 0 fully saturated rings. The molecule has 0 aliphatic heterocycles. The van der Waals surface area contributed by atoms with Crippen LogP contribution in [0.25, 0.3) is 0 Å². The molecule has 0 saturated carbocycles. The summed E-state index contributed by atoms with van der Waals surface area (Å²) in [5, 5.41) is 13.0. The zero-order chi connectivity index (χ0) is 10.2. The van der Waals surface area contributed by atoms with Crippen molar-refractivity contribution < 1.29 is 13.9 Å². The van der Waals surface area contributed by atoms with Gasteiger partial charge in [-0.3, -0.25) is 4.68 Å². The molecule has 0 spiro atoms. The Morgan fingerprint density at radius 2 is 2.23 bits per heavy atom. The van der Waals surface area contributed by atoms with Gasteiger partial charge in [0.25, 0.3) is 0 Å². The molecule has 0 aliphatic carbocycles. The van der Waals surface area contributed by atoms with Gasteiger partial charge in [-0.1, -0.05) is 0 Å². The van der Waals surface area contributed by atoms with E-state index in [2.05, 4.69) is 21.0 Å². The van der Waals surface area contributed by atoms with Gasteiger partial charge >= 0.3 is 4.83 Å². The minimum Gasteiger partial charge on any atom is -0.381 e. The van der Waals surface area contributed by atoms with Gasteiger partial charge in [0.05, 0.1) is 6.20 Å². The first-order valence-corrected chi connectivity index (χ1v) is 4.36. The predicted octanol–water partition coefficient (Wildman–Crippen LogP) is 1.75. The molecule has 1 unspecified atom stereocenters. The van der Waals surface area contributed by atoms with Crippen LogP contribution in [0.1, 0.15) is 17.4 Å².